The lowest BCUT2D eigenvalue weighted by Gasteiger charge is -2.39. The first-order chi connectivity index (χ1) is 13.6. The van der Waals surface area contributed by atoms with Crippen molar-refractivity contribution >= 4 is 29.9 Å². The quantitative estimate of drug-likeness (QED) is 0.368. The van der Waals surface area contributed by atoms with E-state index in [1.165, 1.54) is 12.1 Å². The summed E-state index contributed by atoms with van der Waals surface area (Å²) in [6.07, 6.45) is 0.00879. The Balaban J connectivity index is 0.00000300. The molecule has 1 aromatic carbocycles. The highest BCUT2D eigenvalue weighted by molar-refractivity contribution is 14.0. The Labute approximate surface area is 191 Å². The van der Waals surface area contributed by atoms with E-state index in [-0.39, 0.29) is 42.0 Å². The Hall–Kier alpha value is -0.970. The van der Waals surface area contributed by atoms with E-state index in [0.717, 1.165) is 63.9 Å². The maximum absolute atomic E-state index is 13.2. The number of likely N-dealkylation sites (N-methyl/N-ethyl adjacent to an activating group) is 1. The van der Waals surface area contributed by atoms with Gasteiger partial charge in [-0.25, -0.2) is 4.39 Å². The molecule has 29 heavy (non-hydrogen) atoms. The predicted octanol–water partition coefficient (Wildman–Crippen LogP) is 2.42. The van der Waals surface area contributed by atoms with Gasteiger partial charge in [0.05, 0.1) is 12.6 Å². The van der Waals surface area contributed by atoms with Gasteiger partial charge in [-0.2, -0.15) is 0 Å². The van der Waals surface area contributed by atoms with Crippen molar-refractivity contribution in [3.8, 4) is 0 Å². The molecule has 0 spiro atoms. The summed E-state index contributed by atoms with van der Waals surface area (Å²) < 4.78 is 19.3. The van der Waals surface area contributed by atoms with E-state index < -0.39 is 0 Å². The van der Waals surface area contributed by atoms with E-state index in [1.807, 2.05) is 19.2 Å². The van der Waals surface area contributed by atoms with Gasteiger partial charge in [0.2, 0.25) is 0 Å². The van der Waals surface area contributed by atoms with Crippen molar-refractivity contribution in [3.63, 3.8) is 0 Å². The average Bonchev–Trinajstić information content (AvgIpc) is 2.71. The Morgan fingerprint density at radius 3 is 2.41 bits per heavy atom. The van der Waals surface area contributed by atoms with Crippen LogP contribution in [0.4, 0.5) is 4.39 Å². The Morgan fingerprint density at radius 1 is 1.14 bits per heavy atom. The van der Waals surface area contributed by atoms with E-state index in [0.29, 0.717) is 6.54 Å². The summed E-state index contributed by atoms with van der Waals surface area (Å²) in [6.45, 7) is 13.4. The van der Waals surface area contributed by atoms with Crippen LogP contribution in [-0.2, 0) is 4.74 Å². The van der Waals surface area contributed by atoms with Crippen LogP contribution < -0.4 is 5.32 Å². The van der Waals surface area contributed by atoms with Gasteiger partial charge in [-0.1, -0.05) is 19.1 Å². The largest absolute Gasteiger partial charge is 0.367 e. The molecule has 3 rings (SSSR count). The molecule has 2 unspecified atom stereocenters. The van der Waals surface area contributed by atoms with Crippen molar-refractivity contribution in [3.05, 3.63) is 35.6 Å². The van der Waals surface area contributed by atoms with Gasteiger partial charge in [-0.15, -0.1) is 24.0 Å². The third-order valence-corrected chi connectivity index (χ3v) is 5.64. The molecule has 0 radical (unpaired) electrons. The zero-order valence-electron chi connectivity index (χ0n) is 17.8. The van der Waals surface area contributed by atoms with E-state index in [2.05, 4.69) is 38.9 Å². The third kappa shape index (κ3) is 7.04. The van der Waals surface area contributed by atoms with Gasteiger partial charge in [0.15, 0.2) is 5.96 Å². The molecule has 1 N–H and O–H groups in total. The van der Waals surface area contributed by atoms with Crippen LogP contribution in [-0.4, -0.2) is 92.7 Å². The van der Waals surface area contributed by atoms with Crippen molar-refractivity contribution in [2.75, 3.05) is 66.0 Å². The molecule has 2 fully saturated rings. The Morgan fingerprint density at radius 2 is 1.79 bits per heavy atom. The summed E-state index contributed by atoms with van der Waals surface area (Å²) in [5, 5.41) is 3.52. The number of hydrogen-bond acceptors (Lipinski definition) is 4. The maximum atomic E-state index is 13.2. The van der Waals surface area contributed by atoms with Crippen LogP contribution in [0.2, 0.25) is 0 Å². The molecule has 2 heterocycles. The molecule has 2 atom stereocenters. The number of hydrogen-bond donors (Lipinski definition) is 1. The number of ether oxygens (including phenoxy) is 1. The van der Waals surface area contributed by atoms with Crippen LogP contribution in [0, 0.1) is 5.82 Å². The minimum Gasteiger partial charge on any atom is -0.367 e. The van der Waals surface area contributed by atoms with Gasteiger partial charge in [0.25, 0.3) is 0 Å². The van der Waals surface area contributed by atoms with Crippen molar-refractivity contribution in [2.24, 2.45) is 4.99 Å². The number of rotatable bonds is 5. The third-order valence-electron chi connectivity index (χ3n) is 5.64. The van der Waals surface area contributed by atoms with Gasteiger partial charge in [-0.05, 0) is 31.2 Å². The molecular formula is C21H35FIN5O. The number of halogens is 2. The molecule has 0 saturated carbocycles. The molecular weight excluding hydrogens is 484 g/mol. The molecule has 8 heteroatoms. The lowest BCUT2D eigenvalue weighted by Crippen LogP contribution is -2.52. The monoisotopic (exact) mass is 519 g/mol. The predicted molar refractivity (Wildman–Crippen MR) is 127 cm³/mol. The second-order valence-electron chi connectivity index (χ2n) is 7.64. The van der Waals surface area contributed by atoms with Crippen LogP contribution in [0.3, 0.4) is 0 Å². The first kappa shape index (κ1) is 24.3. The van der Waals surface area contributed by atoms with E-state index >= 15 is 0 Å². The van der Waals surface area contributed by atoms with Crippen LogP contribution in [0.15, 0.2) is 29.3 Å². The van der Waals surface area contributed by atoms with Gasteiger partial charge in [0.1, 0.15) is 11.9 Å². The summed E-state index contributed by atoms with van der Waals surface area (Å²) in [4.78, 5) is 11.7. The zero-order valence-corrected chi connectivity index (χ0v) is 20.1. The molecule has 2 aliphatic heterocycles. The molecule has 2 saturated heterocycles. The first-order valence-corrected chi connectivity index (χ1v) is 10.4. The highest BCUT2D eigenvalue weighted by atomic mass is 127. The number of piperazine rings is 1. The molecule has 0 amide bonds. The summed E-state index contributed by atoms with van der Waals surface area (Å²) in [6, 6.07) is 6.60. The van der Waals surface area contributed by atoms with E-state index in [4.69, 9.17) is 4.74 Å². The fraction of sp³-hybridized carbons (Fsp3) is 0.667. The zero-order chi connectivity index (χ0) is 19.9. The summed E-state index contributed by atoms with van der Waals surface area (Å²) in [7, 11) is 1.83. The van der Waals surface area contributed by atoms with E-state index in [9.17, 15) is 4.39 Å². The second-order valence-corrected chi connectivity index (χ2v) is 7.64. The van der Waals surface area contributed by atoms with Crippen LogP contribution in [0.1, 0.15) is 25.5 Å². The number of morpholine rings is 1. The van der Waals surface area contributed by atoms with Gasteiger partial charge in [0, 0.05) is 52.9 Å². The SMILES string of the molecule is CCN1CCN(CCNC(=NC)N2CC(C)OC(c3ccc(F)cc3)C2)CC1.I. The molecule has 0 aromatic heterocycles. The lowest BCUT2D eigenvalue weighted by molar-refractivity contribution is -0.0605. The summed E-state index contributed by atoms with van der Waals surface area (Å²) >= 11 is 0. The smallest absolute Gasteiger partial charge is 0.193 e. The highest BCUT2D eigenvalue weighted by Crippen LogP contribution is 2.25. The van der Waals surface area contributed by atoms with Gasteiger partial charge in [-0.3, -0.25) is 9.89 Å². The molecule has 6 nitrogen and oxygen atoms in total. The second kappa shape index (κ2) is 12.0. The van der Waals surface area contributed by atoms with Crippen molar-refractivity contribution in [1.29, 1.82) is 0 Å². The summed E-state index contributed by atoms with van der Waals surface area (Å²) in [5.74, 6) is 0.691. The number of nitrogens with zero attached hydrogens (tertiary/aromatic N) is 4. The topological polar surface area (TPSA) is 43.3 Å². The van der Waals surface area contributed by atoms with Crippen LogP contribution in [0.25, 0.3) is 0 Å². The lowest BCUT2D eigenvalue weighted by atomic mass is 10.1. The maximum Gasteiger partial charge on any atom is 0.193 e. The minimum absolute atomic E-state index is 0. The van der Waals surface area contributed by atoms with Crippen molar-refractivity contribution in [2.45, 2.75) is 26.1 Å². The van der Waals surface area contributed by atoms with Crippen molar-refractivity contribution < 1.29 is 9.13 Å². The first-order valence-electron chi connectivity index (χ1n) is 10.4. The van der Waals surface area contributed by atoms with Gasteiger partial charge < -0.3 is 19.9 Å². The highest BCUT2D eigenvalue weighted by Gasteiger charge is 2.28. The van der Waals surface area contributed by atoms with Gasteiger partial charge >= 0.3 is 0 Å². The number of nitrogens with one attached hydrogen (secondary N) is 1. The fourth-order valence-corrected chi connectivity index (χ4v) is 3.97. The molecule has 0 bridgehead atoms. The number of benzene rings is 1. The van der Waals surface area contributed by atoms with Crippen LogP contribution in [0.5, 0.6) is 0 Å². The normalized spacial score (nSPS) is 24.3. The van der Waals surface area contributed by atoms with Crippen molar-refractivity contribution in [1.82, 2.24) is 20.0 Å². The molecule has 2 aliphatic rings. The number of guanidine groups is 1. The molecule has 0 aliphatic carbocycles. The summed E-state index contributed by atoms with van der Waals surface area (Å²) in [5.41, 5.74) is 1.00. The number of aliphatic imine (C=N–C) groups is 1. The fourth-order valence-electron chi connectivity index (χ4n) is 3.97. The average molecular weight is 519 g/mol. The Kier molecular flexibility index (Phi) is 10.1. The minimum atomic E-state index is -0.221. The molecule has 1 aromatic rings. The Bertz CT molecular complexity index is 636. The van der Waals surface area contributed by atoms with E-state index in [1.54, 1.807) is 0 Å². The molecule has 164 valence electrons. The van der Waals surface area contributed by atoms with Crippen LogP contribution >= 0.6 is 24.0 Å². The standard InChI is InChI=1S/C21H34FN5O.HI/c1-4-25-11-13-26(14-12-25)10-9-24-21(23-3)27-15-17(2)28-20(16-27)18-5-7-19(22)8-6-18;/h5-8,17,20H,4,9-16H2,1-3H3,(H,23,24);1H.